The van der Waals surface area contributed by atoms with Crippen LogP contribution in [-0.2, 0) is 6.42 Å². The Morgan fingerprint density at radius 3 is 1.89 bits per heavy atom. The zero-order chi connectivity index (χ0) is 26.4. The van der Waals surface area contributed by atoms with Crippen LogP contribution in [0, 0.1) is 38.5 Å². The number of hydrogen-bond donors (Lipinski definition) is 0. The third kappa shape index (κ3) is 9.32. The number of ether oxygens (including phenoxy) is 2. The van der Waals surface area contributed by atoms with Gasteiger partial charge >= 0.3 is 0 Å². The van der Waals surface area contributed by atoms with Crippen molar-refractivity contribution in [3.63, 3.8) is 0 Å². The van der Waals surface area contributed by atoms with E-state index in [9.17, 15) is 0 Å². The van der Waals surface area contributed by atoms with Crippen LogP contribution in [0.2, 0.25) is 0 Å². The molecule has 35 heavy (non-hydrogen) atoms. The van der Waals surface area contributed by atoms with Gasteiger partial charge in [-0.25, -0.2) is 0 Å². The highest BCUT2D eigenvalue weighted by Crippen LogP contribution is 2.45. The molecular weight excluding hydrogens is 428 g/mol. The van der Waals surface area contributed by atoms with E-state index in [4.69, 9.17) is 9.47 Å². The highest BCUT2D eigenvalue weighted by molar-refractivity contribution is 5.59. The highest BCUT2D eigenvalue weighted by atomic mass is 16.5. The van der Waals surface area contributed by atoms with Crippen LogP contribution >= 0.6 is 0 Å². The Morgan fingerprint density at radius 1 is 0.800 bits per heavy atom. The van der Waals surface area contributed by atoms with Crippen LogP contribution in [-0.4, -0.2) is 11.2 Å². The zero-order valence-electron chi connectivity index (χ0n) is 25.3. The summed E-state index contributed by atoms with van der Waals surface area (Å²) < 4.78 is 13.2. The van der Waals surface area contributed by atoms with Gasteiger partial charge in [-0.05, 0) is 109 Å². The minimum absolute atomic E-state index is 0.0479. The lowest BCUT2D eigenvalue weighted by Crippen LogP contribution is -2.37. The number of benzene rings is 1. The lowest BCUT2D eigenvalue weighted by molar-refractivity contribution is 0.0506. The molecule has 0 fully saturated rings. The van der Waals surface area contributed by atoms with Gasteiger partial charge in [0.1, 0.15) is 22.7 Å². The first-order chi connectivity index (χ1) is 16.2. The molecule has 0 saturated carbocycles. The van der Waals surface area contributed by atoms with Gasteiger partial charge in [-0.2, -0.15) is 0 Å². The van der Waals surface area contributed by atoms with Gasteiger partial charge in [-0.15, -0.1) is 0 Å². The Morgan fingerprint density at radius 2 is 1.34 bits per heavy atom. The molecule has 1 aliphatic rings. The predicted molar refractivity (Wildman–Crippen MR) is 153 cm³/mol. The fraction of sp³-hybridized carbons (Fsp3) is 0.818. The van der Waals surface area contributed by atoms with Gasteiger partial charge in [0.25, 0.3) is 0 Å². The molecule has 1 aliphatic heterocycles. The molecule has 2 nitrogen and oxygen atoms in total. The quantitative estimate of drug-likeness (QED) is 0.276. The van der Waals surface area contributed by atoms with Crippen LogP contribution in [0.1, 0.15) is 142 Å². The number of fused-ring (bicyclic) bond motifs is 1. The Labute approximate surface area is 219 Å². The average molecular weight is 487 g/mol. The van der Waals surface area contributed by atoms with Crippen LogP contribution in [0.25, 0.3) is 0 Å². The van der Waals surface area contributed by atoms with Gasteiger partial charge in [-0.3, -0.25) is 0 Å². The molecule has 2 rings (SSSR count). The van der Waals surface area contributed by atoms with Crippen LogP contribution in [0.4, 0.5) is 0 Å². The fourth-order valence-electron chi connectivity index (χ4n) is 5.72. The van der Waals surface area contributed by atoms with Gasteiger partial charge in [0, 0.05) is 5.56 Å². The summed E-state index contributed by atoms with van der Waals surface area (Å²) >= 11 is 0. The van der Waals surface area contributed by atoms with E-state index in [1.165, 1.54) is 73.6 Å². The van der Waals surface area contributed by atoms with E-state index >= 15 is 0 Å². The standard InChI is InChI=1S/C33H58O2/c1-23(2)15-12-16-24(3)17-13-18-25(4)19-14-21-33(11)22-20-29-28(7)30(34-32(8,9)10)26(5)27(6)31(29)35-33/h23-25H,12-22H2,1-11H3. The molecule has 1 aromatic carbocycles. The Hall–Kier alpha value is -1.18. The van der Waals surface area contributed by atoms with Crippen molar-refractivity contribution in [3.05, 3.63) is 22.3 Å². The minimum Gasteiger partial charge on any atom is -0.488 e. The number of rotatable bonds is 13. The molecule has 0 spiro atoms. The van der Waals surface area contributed by atoms with Crippen molar-refractivity contribution in [2.45, 2.75) is 158 Å². The molecule has 1 heterocycles. The van der Waals surface area contributed by atoms with Crippen LogP contribution in [0.5, 0.6) is 11.5 Å². The molecule has 202 valence electrons. The van der Waals surface area contributed by atoms with Crippen LogP contribution < -0.4 is 9.47 Å². The summed E-state index contributed by atoms with van der Waals surface area (Å²) in [5.41, 5.74) is 4.88. The normalized spacial score (nSPS) is 19.9. The maximum absolute atomic E-state index is 6.79. The molecule has 3 unspecified atom stereocenters. The van der Waals surface area contributed by atoms with Crippen molar-refractivity contribution >= 4 is 0 Å². The van der Waals surface area contributed by atoms with E-state index in [1.807, 2.05) is 0 Å². The van der Waals surface area contributed by atoms with E-state index in [0.717, 1.165) is 48.5 Å². The molecule has 0 bridgehead atoms. The summed E-state index contributed by atoms with van der Waals surface area (Å²) in [5, 5.41) is 0. The minimum atomic E-state index is -0.192. The van der Waals surface area contributed by atoms with E-state index < -0.39 is 0 Å². The Balaban J connectivity index is 1.85. The van der Waals surface area contributed by atoms with Crippen LogP contribution in [0.15, 0.2) is 0 Å². The van der Waals surface area contributed by atoms with Crippen molar-refractivity contribution in [1.82, 2.24) is 0 Å². The third-order valence-electron chi connectivity index (χ3n) is 8.25. The molecule has 0 aromatic heterocycles. The second kappa shape index (κ2) is 12.9. The number of hydrogen-bond acceptors (Lipinski definition) is 2. The predicted octanol–water partition coefficient (Wildman–Crippen LogP) is 10.3. The van der Waals surface area contributed by atoms with E-state index in [-0.39, 0.29) is 11.2 Å². The first kappa shape index (κ1) is 30.0. The molecule has 2 heteroatoms. The van der Waals surface area contributed by atoms with Gasteiger partial charge < -0.3 is 9.47 Å². The second-order valence-corrected chi connectivity index (χ2v) is 13.6. The Bertz CT molecular complexity index is 801. The fourth-order valence-corrected chi connectivity index (χ4v) is 5.72. The Kier molecular flexibility index (Phi) is 11.0. The summed E-state index contributed by atoms with van der Waals surface area (Å²) in [6.45, 7) is 24.9. The third-order valence-corrected chi connectivity index (χ3v) is 8.25. The average Bonchev–Trinajstić information content (AvgIpc) is 2.74. The van der Waals surface area contributed by atoms with E-state index in [1.54, 1.807) is 0 Å². The SMILES string of the molecule is Cc1c(C)c2c(c(C)c1OC(C)(C)C)CCC(C)(CCCC(C)CCCC(C)CCCC(C)C)O2. The van der Waals surface area contributed by atoms with Gasteiger partial charge in [0.2, 0.25) is 0 Å². The topological polar surface area (TPSA) is 18.5 Å². The monoisotopic (exact) mass is 486 g/mol. The van der Waals surface area contributed by atoms with E-state index in [0.29, 0.717) is 0 Å². The summed E-state index contributed by atoms with van der Waals surface area (Å²) in [7, 11) is 0. The molecule has 0 saturated heterocycles. The largest absolute Gasteiger partial charge is 0.488 e. The summed E-state index contributed by atoms with van der Waals surface area (Å²) in [6, 6.07) is 0. The van der Waals surface area contributed by atoms with Crippen LogP contribution in [0.3, 0.4) is 0 Å². The highest BCUT2D eigenvalue weighted by Gasteiger charge is 2.35. The van der Waals surface area contributed by atoms with Gasteiger partial charge in [-0.1, -0.05) is 72.6 Å². The smallest absolute Gasteiger partial charge is 0.127 e. The zero-order valence-corrected chi connectivity index (χ0v) is 25.3. The summed E-state index contributed by atoms with van der Waals surface area (Å²) in [4.78, 5) is 0. The lowest BCUT2D eigenvalue weighted by Gasteiger charge is -2.39. The molecule has 0 aliphatic carbocycles. The van der Waals surface area contributed by atoms with Crippen molar-refractivity contribution in [3.8, 4) is 11.5 Å². The lowest BCUT2D eigenvalue weighted by atomic mass is 9.83. The van der Waals surface area contributed by atoms with Crippen molar-refractivity contribution in [1.29, 1.82) is 0 Å². The second-order valence-electron chi connectivity index (χ2n) is 13.6. The van der Waals surface area contributed by atoms with Crippen molar-refractivity contribution in [2.24, 2.45) is 17.8 Å². The molecule has 0 radical (unpaired) electrons. The first-order valence-electron chi connectivity index (χ1n) is 14.7. The molecule has 0 amide bonds. The molecule has 0 N–H and O–H groups in total. The summed E-state index contributed by atoms with van der Waals surface area (Å²) in [6.07, 6.45) is 14.3. The molecule has 3 atom stereocenters. The van der Waals surface area contributed by atoms with Gasteiger partial charge in [0.15, 0.2) is 0 Å². The first-order valence-corrected chi connectivity index (χ1v) is 14.7. The maximum Gasteiger partial charge on any atom is 0.127 e. The van der Waals surface area contributed by atoms with Crippen molar-refractivity contribution in [2.75, 3.05) is 0 Å². The summed E-state index contributed by atoms with van der Waals surface area (Å²) in [5.74, 6) is 4.75. The maximum atomic E-state index is 6.79. The van der Waals surface area contributed by atoms with E-state index in [2.05, 4.69) is 76.2 Å². The molecule has 1 aromatic rings. The molecular formula is C33H58O2. The van der Waals surface area contributed by atoms with Gasteiger partial charge in [0.05, 0.1) is 0 Å². The van der Waals surface area contributed by atoms with Crippen molar-refractivity contribution < 1.29 is 9.47 Å².